The molecule has 172 valence electrons. The van der Waals surface area contributed by atoms with Crippen molar-refractivity contribution in [2.75, 3.05) is 39.3 Å². The molecule has 0 saturated carbocycles. The Kier molecular flexibility index (Phi) is 7.52. The summed E-state index contributed by atoms with van der Waals surface area (Å²) in [5.41, 5.74) is 2.57. The van der Waals surface area contributed by atoms with Gasteiger partial charge in [-0.25, -0.2) is 4.68 Å². The highest BCUT2D eigenvalue weighted by Crippen LogP contribution is 2.20. The van der Waals surface area contributed by atoms with Gasteiger partial charge in [-0.3, -0.25) is 14.5 Å². The Morgan fingerprint density at radius 1 is 0.939 bits per heavy atom. The zero-order chi connectivity index (χ0) is 23.0. The molecular weight excluding hydrogens is 416 g/mol. The van der Waals surface area contributed by atoms with Gasteiger partial charge in [-0.15, -0.1) is 0 Å². The molecule has 0 aliphatic carbocycles. The first-order valence-electron chi connectivity index (χ1n) is 11.5. The quantitative estimate of drug-likeness (QED) is 0.532. The van der Waals surface area contributed by atoms with Crippen LogP contribution in [0, 0.1) is 0 Å². The lowest BCUT2D eigenvalue weighted by molar-refractivity contribution is -0.133. The number of ether oxygens (including phenoxy) is 1. The predicted octanol–water partition coefficient (Wildman–Crippen LogP) is 2.70. The van der Waals surface area contributed by atoms with Gasteiger partial charge in [0.25, 0.3) is 5.56 Å². The van der Waals surface area contributed by atoms with Gasteiger partial charge < -0.3 is 9.64 Å². The Balaban J connectivity index is 1.33. The van der Waals surface area contributed by atoms with Gasteiger partial charge in [0.05, 0.1) is 12.3 Å². The van der Waals surface area contributed by atoms with Crippen molar-refractivity contribution in [1.29, 1.82) is 0 Å². The molecule has 0 unspecified atom stereocenters. The molecule has 0 spiro atoms. The monoisotopic (exact) mass is 446 g/mol. The first kappa shape index (κ1) is 22.7. The van der Waals surface area contributed by atoms with Gasteiger partial charge in [0, 0.05) is 44.4 Å². The van der Waals surface area contributed by atoms with Gasteiger partial charge in [-0.1, -0.05) is 30.3 Å². The molecule has 0 bridgehead atoms. The smallest absolute Gasteiger partial charge is 0.267 e. The van der Waals surface area contributed by atoms with Crippen molar-refractivity contribution in [3.05, 3.63) is 82.6 Å². The van der Waals surface area contributed by atoms with Crippen molar-refractivity contribution >= 4 is 5.91 Å². The van der Waals surface area contributed by atoms with Gasteiger partial charge in [-0.2, -0.15) is 5.10 Å². The third-order valence-electron chi connectivity index (χ3n) is 5.90. The number of hydrogen-bond acceptors (Lipinski definition) is 5. The minimum absolute atomic E-state index is 0.0479. The first-order valence-corrected chi connectivity index (χ1v) is 11.5. The summed E-state index contributed by atoms with van der Waals surface area (Å²) in [6, 6.07) is 21.1. The van der Waals surface area contributed by atoms with E-state index in [2.05, 4.69) is 34.3 Å². The molecule has 1 amide bonds. The van der Waals surface area contributed by atoms with E-state index in [1.54, 1.807) is 6.07 Å². The van der Waals surface area contributed by atoms with E-state index in [1.807, 2.05) is 42.2 Å². The molecule has 7 nitrogen and oxygen atoms in total. The van der Waals surface area contributed by atoms with E-state index in [4.69, 9.17) is 4.74 Å². The number of carbonyl (C=O) groups is 1. The third kappa shape index (κ3) is 6.08. The normalized spacial score (nSPS) is 14.3. The fourth-order valence-electron chi connectivity index (χ4n) is 3.99. The lowest BCUT2D eigenvalue weighted by Crippen LogP contribution is -2.50. The Bertz CT molecular complexity index is 1100. The van der Waals surface area contributed by atoms with Crippen molar-refractivity contribution in [1.82, 2.24) is 19.6 Å². The van der Waals surface area contributed by atoms with Crippen LogP contribution in [0.25, 0.3) is 11.3 Å². The standard InChI is InChI=1S/C26H30N4O3/c1-2-33-23-10-8-22(9-11-23)24-12-13-25(31)30(27-24)20-26(32)29-18-16-28(17-19-29)15-14-21-6-4-3-5-7-21/h3-13H,2,14-20H2,1H3. The van der Waals surface area contributed by atoms with Crippen molar-refractivity contribution in [2.45, 2.75) is 19.9 Å². The molecule has 1 aliphatic rings. The van der Waals surface area contributed by atoms with Crippen LogP contribution in [0.5, 0.6) is 5.75 Å². The van der Waals surface area contributed by atoms with E-state index in [1.165, 1.54) is 16.3 Å². The Morgan fingerprint density at radius 3 is 2.36 bits per heavy atom. The van der Waals surface area contributed by atoms with Crippen LogP contribution in [-0.4, -0.2) is 64.8 Å². The molecule has 1 fully saturated rings. The largest absolute Gasteiger partial charge is 0.494 e. The molecule has 1 aliphatic heterocycles. The van der Waals surface area contributed by atoms with Crippen LogP contribution >= 0.6 is 0 Å². The SMILES string of the molecule is CCOc1ccc(-c2ccc(=O)n(CC(=O)N3CCN(CCc4ccccc4)CC3)n2)cc1. The maximum atomic E-state index is 12.9. The third-order valence-corrected chi connectivity index (χ3v) is 5.90. The minimum atomic E-state index is -0.278. The fourth-order valence-corrected chi connectivity index (χ4v) is 3.99. The molecule has 0 N–H and O–H groups in total. The highest BCUT2D eigenvalue weighted by atomic mass is 16.5. The zero-order valence-electron chi connectivity index (χ0n) is 19.0. The number of nitrogens with zero attached hydrogens (tertiary/aromatic N) is 4. The number of piperazine rings is 1. The lowest BCUT2D eigenvalue weighted by Gasteiger charge is -2.34. The second kappa shape index (κ2) is 10.9. The van der Waals surface area contributed by atoms with Crippen molar-refractivity contribution < 1.29 is 9.53 Å². The summed E-state index contributed by atoms with van der Waals surface area (Å²) < 4.78 is 6.74. The number of aromatic nitrogens is 2. The van der Waals surface area contributed by atoms with Gasteiger partial charge in [-0.05, 0) is 49.2 Å². The average Bonchev–Trinajstić information content (AvgIpc) is 2.86. The molecule has 1 saturated heterocycles. The molecule has 33 heavy (non-hydrogen) atoms. The maximum absolute atomic E-state index is 12.9. The number of hydrogen-bond donors (Lipinski definition) is 0. The second-order valence-corrected chi connectivity index (χ2v) is 8.13. The first-order chi connectivity index (χ1) is 16.1. The average molecular weight is 447 g/mol. The molecule has 0 atom stereocenters. The molecule has 2 aromatic carbocycles. The van der Waals surface area contributed by atoms with Crippen molar-refractivity contribution in [3.63, 3.8) is 0 Å². The van der Waals surface area contributed by atoms with Crippen molar-refractivity contribution in [2.24, 2.45) is 0 Å². The molecule has 0 radical (unpaired) electrons. The van der Waals surface area contributed by atoms with Crippen LogP contribution in [0.3, 0.4) is 0 Å². The summed E-state index contributed by atoms with van der Waals surface area (Å²) in [4.78, 5) is 29.4. The number of benzene rings is 2. The lowest BCUT2D eigenvalue weighted by atomic mass is 10.1. The predicted molar refractivity (Wildman–Crippen MR) is 128 cm³/mol. The summed E-state index contributed by atoms with van der Waals surface area (Å²) >= 11 is 0. The number of carbonyl (C=O) groups excluding carboxylic acids is 1. The van der Waals surface area contributed by atoms with E-state index < -0.39 is 0 Å². The Labute approximate surface area is 194 Å². The number of amides is 1. The molecule has 7 heteroatoms. The van der Waals surface area contributed by atoms with E-state index in [9.17, 15) is 9.59 Å². The zero-order valence-corrected chi connectivity index (χ0v) is 19.0. The molecule has 2 heterocycles. The van der Waals surface area contributed by atoms with Crippen LogP contribution in [0.1, 0.15) is 12.5 Å². The summed E-state index contributed by atoms with van der Waals surface area (Å²) in [7, 11) is 0. The maximum Gasteiger partial charge on any atom is 0.267 e. The van der Waals surface area contributed by atoms with Crippen molar-refractivity contribution in [3.8, 4) is 17.0 Å². The van der Waals surface area contributed by atoms with E-state index >= 15 is 0 Å². The van der Waals surface area contributed by atoms with Gasteiger partial charge >= 0.3 is 0 Å². The van der Waals surface area contributed by atoms with Crippen LogP contribution < -0.4 is 10.3 Å². The van der Waals surface area contributed by atoms with Gasteiger partial charge in [0.2, 0.25) is 5.91 Å². The fraction of sp³-hybridized carbons (Fsp3) is 0.346. The second-order valence-electron chi connectivity index (χ2n) is 8.13. The van der Waals surface area contributed by atoms with Crippen LogP contribution in [-0.2, 0) is 17.8 Å². The molecule has 1 aromatic heterocycles. The summed E-state index contributed by atoms with van der Waals surface area (Å²) in [5, 5.41) is 4.44. The summed E-state index contributed by atoms with van der Waals surface area (Å²) in [5.74, 6) is 0.712. The Hall–Kier alpha value is -3.45. The van der Waals surface area contributed by atoms with Crippen LogP contribution in [0.4, 0.5) is 0 Å². The number of rotatable bonds is 8. The molecule has 4 rings (SSSR count). The Morgan fingerprint density at radius 2 is 1.67 bits per heavy atom. The van der Waals surface area contributed by atoms with Crippen LogP contribution in [0.2, 0.25) is 0 Å². The summed E-state index contributed by atoms with van der Waals surface area (Å²) in [6.07, 6.45) is 1.01. The van der Waals surface area contributed by atoms with Gasteiger partial charge in [0.15, 0.2) is 0 Å². The van der Waals surface area contributed by atoms with E-state index in [-0.39, 0.29) is 18.0 Å². The highest BCUT2D eigenvalue weighted by molar-refractivity contribution is 5.76. The highest BCUT2D eigenvalue weighted by Gasteiger charge is 2.21. The summed E-state index contributed by atoms with van der Waals surface area (Å²) in [6.45, 7) is 6.49. The van der Waals surface area contributed by atoms with Crippen LogP contribution in [0.15, 0.2) is 71.5 Å². The molecular formula is C26H30N4O3. The topological polar surface area (TPSA) is 67.7 Å². The van der Waals surface area contributed by atoms with Gasteiger partial charge in [0.1, 0.15) is 12.3 Å². The molecule has 3 aromatic rings. The van der Waals surface area contributed by atoms with E-state index in [0.29, 0.717) is 25.4 Å². The van der Waals surface area contributed by atoms with E-state index in [0.717, 1.165) is 37.4 Å². The minimum Gasteiger partial charge on any atom is -0.494 e.